The highest BCUT2D eigenvalue weighted by atomic mass is 127. The van der Waals surface area contributed by atoms with E-state index < -0.39 is 58.6 Å². The van der Waals surface area contributed by atoms with Crippen LogP contribution in [0.5, 0.6) is 0 Å². The molecule has 4 heterocycles. The average molecular weight is 1950 g/mol. The van der Waals surface area contributed by atoms with Gasteiger partial charge in [0.1, 0.15) is 0 Å². The van der Waals surface area contributed by atoms with Crippen LogP contribution in [-0.2, 0) is 111 Å². The van der Waals surface area contributed by atoms with E-state index in [-0.39, 0.29) is 68.2 Å². The van der Waals surface area contributed by atoms with Crippen LogP contribution in [0.25, 0.3) is 45.0 Å². The summed E-state index contributed by atoms with van der Waals surface area (Å²) in [6, 6.07) is 44.6. The maximum atomic E-state index is 14.1. The molecule has 0 aliphatic heterocycles. The molecule has 0 atom stereocenters. The average Bonchev–Trinajstić information content (AvgIpc) is 0.769. The van der Waals surface area contributed by atoms with Crippen molar-refractivity contribution in [3.8, 4) is 45.0 Å². The summed E-state index contributed by atoms with van der Waals surface area (Å²) in [5.41, 5.74) is 23.0. The van der Waals surface area contributed by atoms with Crippen molar-refractivity contribution in [2.75, 3.05) is 21.3 Å². The Bertz CT molecular complexity index is 6420. The number of hydrogen-bond donors (Lipinski definition) is 8. The first-order chi connectivity index (χ1) is 65.6. The number of fused-ring (bicyclic) bond motifs is 12. The number of carbonyl (C=O) groups excluding carboxylic acids is 4. The molecule has 20 rings (SSSR count). The highest BCUT2D eigenvalue weighted by Gasteiger charge is 2.36. The zero-order chi connectivity index (χ0) is 93.9. The number of rotatable bonds is 19. The number of anilines is 4. The van der Waals surface area contributed by atoms with E-state index in [1.54, 1.807) is 0 Å². The van der Waals surface area contributed by atoms with Crippen molar-refractivity contribution < 1.29 is 70.3 Å². The topological polar surface area (TPSA) is 300 Å². The lowest BCUT2D eigenvalue weighted by Gasteiger charge is -2.26. The summed E-state index contributed by atoms with van der Waals surface area (Å²) in [6.45, 7) is 0.0173. The summed E-state index contributed by atoms with van der Waals surface area (Å²) in [5.74, 6) is -11.2. The molecule has 0 spiro atoms. The molecule has 4 saturated carbocycles. The lowest BCUT2D eigenvalue weighted by Crippen LogP contribution is -2.23. The molecular formula is C107H106F7IN12O8. The second-order valence-electron chi connectivity index (χ2n) is 36.4. The van der Waals surface area contributed by atoms with Gasteiger partial charge in [0.05, 0.1) is 114 Å². The Labute approximate surface area is 792 Å². The van der Waals surface area contributed by atoms with E-state index in [4.69, 9.17) is 34.9 Å². The van der Waals surface area contributed by atoms with Crippen molar-refractivity contribution in [2.45, 2.75) is 249 Å². The summed E-state index contributed by atoms with van der Waals surface area (Å²) in [5, 5.41) is 49.6. The summed E-state index contributed by atoms with van der Waals surface area (Å²) in [6.07, 6.45) is 26.8. The third kappa shape index (κ3) is 22.0. The second kappa shape index (κ2) is 43.4. The Hall–Kier alpha value is -12.0. The van der Waals surface area contributed by atoms with Crippen LogP contribution in [0.3, 0.4) is 0 Å². The van der Waals surface area contributed by atoms with Gasteiger partial charge in [0, 0.05) is 60.6 Å². The molecule has 135 heavy (non-hydrogen) atoms. The van der Waals surface area contributed by atoms with Gasteiger partial charge >= 0.3 is 0 Å². The highest BCUT2D eigenvalue weighted by molar-refractivity contribution is 14.1. The predicted molar refractivity (Wildman–Crippen MR) is 510 cm³/mol. The Kier molecular flexibility index (Phi) is 30.5. The first-order valence-electron chi connectivity index (χ1n) is 47.1. The summed E-state index contributed by atoms with van der Waals surface area (Å²) in [4.78, 5) is 91.2. The number of aliphatic hydroxyl groups excluding tert-OH is 4. The number of aromatic nitrogens is 8. The fraction of sp³-hybridized carbons (Fsp3) is 0.364. The van der Waals surface area contributed by atoms with Crippen molar-refractivity contribution in [1.29, 1.82) is 0 Å². The van der Waals surface area contributed by atoms with Gasteiger partial charge in [-0.2, -0.15) is 0 Å². The minimum absolute atomic E-state index is 0.00174. The van der Waals surface area contributed by atoms with Gasteiger partial charge in [0.25, 0.3) is 5.91 Å². The standard InChI is InChI=1S/C27H24F5N3O2.C27H27F2N3O2.C27H28IN3O2.C26H27N3O2/c28-20-17(21(29)23(31)24(32)22(20)30)11-19(37)34-27-25(14-4-2-1-3-5-14)35-26-16-8-6-13(12-36)10-15(16)7-9-18(26)33-27;28-21-10-7-16(13-22(21)29)14-24(34)31-27-25(18-4-2-1-3-5-18)32-26-20-9-6-17(15-33)12-19(20)8-11-23(26)30-27;28-21-10-6-17(7-11-21)15-24(33)30-27-25(19-4-2-1-3-5-19)31-26-22-12-8-18(16-32)14-20(22)9-13-23(26)29-27;30-16-17-11-13-21-20(15-17)12-14-22-24(21)28-23(18-7-3-1-4-8-18)25(27-22)29-26(31)19-9-5-2-6-10-19/h6,8,10,14,36H,1-5,7,9,11-12H2,(H,33,34,37);6-7,9-10,12-13,18,33H,1-5,8,11,14-15H2,(H,30,31,34);6-8,10-12,14,19,32H,1-5,9,13,15-16H2,(H,29,30,33);2,5-6,9-11,13,15,18,30H,1,3-4,7-8,12,14,16H2,(H,27,29,31). The van der Waals surface area contributed by atoms with Gasteiger partial charge in [-0.25, -0.2) is 70.6 Å². The van der Waals surface area contributed by atoms with E-state index in [9.17, 15) is 70.3 Å². The van der Waals surface area contributed by atoms with E-state index in [1.807, 2.05) is 103 Å². The molecule has 8 aromatic carbocycles. The monoisotopic (exact) mass is 1950 g/mol. The maximum Gasteiger partial charge on any atom is 0.256 e. The van der Waals surface area contributed by atoms with Gasteiger partial charge in [0.2, 0.25) is 23.5 Å². The Morgan fingerprint density at radius 2 is 0.600 bits per heavy atom. The molecule has 0 saturated heterocycles. The Balaban J connectivity index is 0.000000125. The highest BCUT2D eigenvalue weighted by Crippen LogP contribution is 2.46. The molecule has 8 aliphatic rings. The molecule has 28 heteroatoms. The van der Waals surface area contributed by atoms with Crippen molar-refractivity contribution >= 4 is 69.5 Å². The lowest BCUT2D eigenvalue weighted by atomic mass is 9.85. The molecule has 0 unspecified atom stereocenters. The lowest BCUT2D eigenvalue weighted by molar-refractivity contribution is -0.116. The largest absolute Gasteiger partial charge is 0.392 e. The molecule has 8 aliphatic carbocycles. The smallest absolute Gasteiger partial charge is 0.256 e. The number of hydrogen-bond acceptors (Lipinski definition) is 16. The van der Waals surface area contributed by atoms with Crippen LogP contribution in [0.2, 0.25) is 0 Å². The first-order valence-corrected chi connectivity index (χ1v) is 48.2. The number of carbonyl (C=O) groups is 4. The fourth-order valence-corrected chi connectivity index (χ4v) is 20.5. The van der Waals surface area contributed by atoms with Gasteiger partial charge in [-0.05, 0) is 217 Å². The molecule has 20 nitrogen and oxygen atoms in total. The summed E-state index contributed by atoms with van der Waals surface area (Å²) < 4.78 is 96.9. The Morgan fingerprint density at radius 3 is 0.926 bits per heavy atom. The van der Waals surface area contributed by atoms with Gasteiger partial charge in [-0.3, -0.25) is 19.2 Å². The van der Waals surface area contributed by atoms with Crippen molar-refractivity contribution in [2.24, 2.45) is 0 Å². The van der Waals surface area contributed by atoms with Gasteiger partial charge in [-0.15, -0.1) is 0 Å². The minimum atomic E-state index is -2.27. The van der Waals surface area contributed by atoms with Gasteiger partial charge < -0.3 is 41.7 Å². The third-order valence-electron chi connectivity index (χ3n) is 27.2. The third-order valence-corrected chi connectivity index (χ3v) is 27.9. The van der Waals surface area contributed by atoms with Gasteiger partial charge in [-0.1, -0.05) is 186 Å². The van der Waals surface area contributed by atoms with Gasteiger partial charge in [0.15, 0.2) is 58.2 Å². The SMILES string of the molecule is O=C(Cc1c(F)c(F)c(F)c(F)c1F)Nc1nc2c(nc1C1CCCCC1)-c1ccc(CO)cc1CC2.O=C(Cc1ccc(F)c(F)c1)Nc1nc2c(nc1C1CCCCC1)-c1ccc(CO)cc1CC2.O=C(Cc1ccc(I)cc1)Nc1nc2c(nc1C1CCCCC1)-c1ccc(CO)cc1CC2.O=C(Nc1nc2c(nc1C1CCCCC1)-c1ccc(CO)cc1CC2)c1ccccc1. The molecular weight excluding hydrogens is 1840 g/mol. The van der Waals surface area contributed by atoms with Crippen LogP contribution >= 0.6 is 22.6 Å². The number of halogens is 8. The number of nitrogens with zero attached hydrogens (tertiary/aromatic N) is 8. The minimum Gasteiger partial charge on any atom is -0.392 e. The maximum absolute atomic E-state index is 14.1. The van der Waals surface area contributed by atoms with E-state index in [2.05, 4.69) is 73.1 Å². The predicted octanol–water partition coefficient (Wildman–Crippen LogP) is 21.5. The van der Waals surface area contributed by atoms with E-state index in [0.29, 0.717) is 83.2 Å². The quantitative estimate of drug-likeness (QED) is 0.0161. The van der Waals surface area contributed by atoms with Crippen LogP contribution in [-0.4, -0.2) is 83.9 Å². The van der Waals surface area contributed by atoms with Crippen molar-refractivity contribution in [1.82, 2.24) is 39.9 Å². The van der Waals surface area contributed by atoms with Crippen molar-refractivity contribution in [3.05, 3.63) is 302 Å². The second-order valence-corrected chi connectivity index (χ2v) is 37.6. The van der Waals surface area contributed by atoms with Crippen LogP contribution in [0.15, 0.2) is 146 Å². The van der Waals surface area contributed by atoms with E-state index in [0.717, 1.165) is 244 Å². The van der Waals surface area contributed by atoms with E-state index in [1.165, 1.54) is 62.1 Å². The van der Waals surface area contributed by atoms with Crippen LogP contribution in [0.4, 0.5) is 54.0 Å². The zero-order valence-electron chi connectivity index (χ0n) is 74.9. The molecule has 0 radical (unpaired) electrons. The molecule has 4 amide bonds. The number of amides is 4. The number of aliphatic hydroxyl groups is 4. The molecule has 12 aromatic rings. The molecule has 0 bridgehead atoms. The first kappa shape index (κ1) is 94.8. The summed E-state index contributed by atoms with van der Waals surface area (Å²) >= 11 is 2.27. The normalized spacial score (nSPS) is 15.5. The molecule has 698 valence electrons. The van der Waals surface area contributed by atoms with Crippen LogP contribution in [0, 0.1) is 44.3 Å². The number of aryl methyl sites for hydroxylation is 8. The molecule has 8 N–H and O–H groups in total. The number of benzene rings is 8. The molecule has 4 aromatic heterocycles. The molecule has 4 fully saturated rings. The van der Waals surface area contributed by atoms with E-state index >= 15 is 0 Å². The Morgan fingerprint density at radius 1 is 0.304 bits per heavy atom. The zero-order valence-corrected chi connectivity index (χ0v) is 77.1. The van der Waals surface area contributed by atoms with Crippen molar-refractivity contribution in [3.63, 3.8) is 0 Å². The summed E-state index contributed by atoms with van der Waals surface area (Å²) in [7, 11) is 0. The number of nitrogens with one attached hydrogen (secondary N) is 4. The van der Waals surface area contributed by atoms with Crippen LogP contribution in [0.1, 0.15) is 269 Å². The van der Waals surface area contributed by atoms with Crippen LogP contribution < -0.4 is 21.3 Å². The fourth-order valence-electron chi connectivity index (χ4n) is 20.1.